The van der Waals surface area contributed by atoms with Crippen molar-refractivity contribution in [3.63, 3.8) is 0 Å². The number of nitrogens with zero attached hydrogens (tertiary/aromatic N) is 4. The van der Waals surface area contributed by atoms with E-state index in [1.54, 1.807) is 0 Å². The minimum Gasteiger partial charge on any atom is -0.386 e. The van der Waals surface area contributed by atoms with Gasteiger partial charge >= 0.3 is 0 Å². The van der Waals surface area contributed by atoms with Crippen LogP contribution in [0.1, 0.15) is 49.7 Å². The second-order valence-corrected chi connectivity index (χ2v) is 8.40. The number of pyridine rings is 1. The van der Waals surface area contributed by atoms with E-state index in [0.29, 0.717) is 5.92 Å². The normalized spacial score (nSPS) is 18.8. The molecule has 2 saturated heterocycles. The molecule has 0 amide bonds. The summed E-state index contributed by atoms with van der Waals surface area (Å²) in [5, 5.41) is 16.0. The number of nitrogens with one attached hydrogen (secondary N) is 2. The summed E-state index contributed by atoms with van der Waals surface area (Å²) in [7, 11) is 1.97. The highest BCUT2D eigenvalue weighted by Crippen LogP contribution is 2.31. The number of likely N-dealkylation sites (tertiary alicyclic amines) is 1. The number of hydrogen-bond donors (Lipinski definition) is 2. The maximum Gasteiger partial charge on any atom is 0.130 e. The van der Waals surface area contributed by atoms with Gasteiger partial charge in [-0.1, -0.05) is 12.1 Å². The topological polar surface area (TPSA) is 67.2 Å². The molecule has 6 heteroatoms. The van der Waals surface area contributed by atoms with Crippen LogP contribution in [-0.2, 0) is 0 Å². The lowest BCUT2D eigenvalue weighted by Gasteiger charge is -2.37. The van der Waals surface area contributed by atoms with E-state index in [1.807, 2.05) is 25.4 Å². The Morgan fingerprint density at radius 2 is 1.77 bits per heavy atom. The van der Waals surface area contributed by atoms with Gasteiger partial charge in [-0.3, -0.25) is 4.90 Å². The Labute approximate surface area is 179 Å². The highest BCUT2D eigenvalue weighted by Gasteiger charge is 2.24. The molecule has 0 radical (unpaired) electrons. The lowest BCUT2D eigenvalue weighted by Crippen LogP contribution is -2.43. The molecule has 2 N–H and O–H groups in total. The van der Waals surface area contributed by atoms with E-state index in [1.165, 1.54) is 18.4 Å². The molecular weight excluding hydrogens is 372 g/mol. The molecule has 2 aromatic rings. The lowest BCUT2D eigenvalue weighted by atomic mass is 9.89. The van der Waals surface area contributed by atoms with Crippen LogP contribution in [0.2, 0.25) is 0 Å². The van der Waals surface area contributed by atoms with Crippen molar-refractivity contribution in [3.05, 3.63) is 47.7 Å². The van der Waals surface area contributed by atoms with Crippen molar-refractivity contribution in [2.24, 2.45) is 0 Å². The fourth-order valence-corrected chi connectivity index (χ4v) is 4.65. The smallest absolute Gasteiger partial charge is 0.130 e. The molecule has 158 valence electrons. The molecule has 0 bridgehead atoms. The molecule has 2 fully saturated rings. The van der Waals surface area contributed by atoms with E-state index < -0.39 is 0 Å². The van der Waals surface area contributed by atoms with Gasteiger partial charge in [0.15, 0.2) is 0 Å². The number of benzene rings is 1. The van der Waals surface area contributed by atoms with Gasteiger partial charge in [0.2, 0.25) is 0 Å². The number of aromatic nitrogens is 1. The molecule has 4 rings (SSSR count). The zero-order valence-electron chi connectivity index (χ0n) is 18.1. The molecule has 2 aliphatic heterocycles. The maximum atomic E-state index is 8.99. The van der Waals surface area contributed by atoms with Crippen molar-refractivity contribution in [2.45, 2.75) is 44.7 Å². The second-order valence-electron chi connectivity index (χ2n) is 8.40. The third kappa shape index (κ3) is 4.52. The van der Waals surface area contributed by atoms with Crippen molar-refractivity contribution < 1.29 is 0 Å². The highest BCUT2D eigenvalue weighted by atomic mass is 15.3. The molecule has 1 atom stereocenters. The fraction of sp³-hybridized carbons (Fsp3) is 0.500. The summed E-state index contributed by atoms with van der Waals surface area (Å²) >= 11 is 0. The van der Waals surface area contributed by atoms with E-state index in [4.69, 9.17) is 10.2 Å². The lowest BCUT2D eigenvalue weighted by molar-refractivity contribution is 0.176. The Kier molecular flexibility index (Phi) is 6.39. The Hall–Kier alpha value is -2.78. The summed E-state index contributed by atoms with van der Waals surface area (Å²) in [6.07, 6.45) is 7.02. The Bertz CT molecular complexity index is 874. The van der Waals surface area contributed by atoms with Crippen LogP contribution in [0.15, 0.2) is 36.5 Å². The highest BCUT2D eigenvalue weighted by molar-refractivity contribution is 5.71. The third-order valence-corrected chi connectivity index (χ3v) is 6.54. The van der Waals surface area contributed by atoms with Gasteiger partial charge in [-0.25, -0.2) is 4.98 Å². The summed E-state index contributed by atoms with van der Waals surface area (Å²) in [6.45, 7) is 6.57. The molecule has 30 heavy (non-hydrogen) atoms. The molecule has 2 aliphatic rings. The van der Waals surface area contributed by atoms with E-state index in [-0.39, 0.29) is 6.17 Å². The van der Waals surface area contributed by atoms with Crippen LogP contribution in [0, 0.1) is 11.3 Å². The van der Waals surface area contributed by atoms with Crippen molar-refractivity contribution in [1.82, 2.24) is 9.88 Å². The summed E-state index contributed by atoms with van der Waals surface area (Å²) in [5.74, 6) is 1.65. The van der Waals surface area contributed by atoms with E-state index >= 15 is 0 Å². The number of piperidine rings is 1. The summed E-state index contributed by atoms with van der Waals surface area (Å²) in [6, 6.07) is 12.5. The SMILES string of the molecule is CNc1cc(N2CCCC2)ncc1NC(C)N1CCC(c2ccc(C#N)cc2)CC1. The van der Waals surface area contributed by atoms with Gasteiger partial charge in [-0.05, 0) is 56.2 Å². The van der Waals surface area contributed by atoms with E-state index in [0.717, 1.165) is 61.8 Å². The first-order chi connectivity index (χ1) is 14.7. The van der Waals surface area contributed by atoms with Crippen LogP contribution >= 0.6 is 0 Å². The van der Waals surface area contributed by atoms with Crippen LogP contribution < -0.4 is 15.5 Å². The average Bonchev–Trinajstić information content (AvgIpc) is 3.34. The first-order valence-electron chi connectivity index (χ1n) is 11.1. The molecule has 0 spiro atoms. The molecule has 6 nitrogen and oxygen atoms in total. The minimum absolute atomic E-state index is 0.249. The molecule has 0 saturated carbocycles. The Morgan fingerprint density at radius 1 is 1.07 bits per heavy atom. The van der Waals surface area contributed by atoms with Crippen LogP contribution in [-0.4, -0.2) is 49.3 Å². The van der Waals surface area contributed by atoms with Gasteiger partial charge in [0.1, 0.15) is 5.82 Å². The quantitative estimate of drug-likeness (QED) is 0.751. The van der Waals surface area contributed by atoms with Gasteiger partial charge in [-0.2, -0.15) is 5.26 Å². The zero-order valence-corrected chi connectivity index (χ0v) is 18.1. The van der Waals surface area contributed by atoms with Gasteiger partial charge in [0.05, 0.1) is 35.4 Å². The Balaban J connectivity index is 1.35. The molecule has 1 unspecified atom stereocenters. The van der Waals surface area contributed by atoms with Gasteiger partial charge in [0, 0.05) is 39.3 Å². The number of hydrogen-bond acceptors (Lipinski definition) is 6. The molecule has 1 aromatic heterocycles. The summed E-state index contributed by atoms with van der Waals surface area (Å²) in [4.78, 5) is 9.59. The van der Waals surface area contributed by atoms with Gasteiger partial charge in [0.25, 0.3) is 0 Å². The molecule has 3 heterocycles. The van der Waals surface area contributed by atoms with Gasteiger partial charge < -0.3 is 15.5 Å². The van der Waals surface area contributed by atoms with E-state index in [9.17, 15) is 0 Å². The summed E-state index contributed by atoms with van der Waals surface area (Å²) < 4.78 is 0. The monoisotopic (exact) mass is 404 g/mol. The fourth-order valence-electron chi connectivity index (χ4n) is 4.65. The van der Waals surface area contributed by atoms with E-state index in [2.05, 4.69) is 51.6 Å². The first-order valence-corrected chi connectivity index (χ1v) is 11.1. The number of rotatable bonds is 6. The van der Waals surface area contributed by atoms with Crippen LogP contribution in [0.3, 0.4) is 0 Å². The number of nitriles is 1. The Morgan fingerprint density at radius 3 is 2.40 bits per heavy atom. The van der Waals surface area contributed by atoms with Crippen LogP contribution in [0.25, 0.3) is 0 Å². The van der Waals surface area contributed by atoms with Crippen LogP contribution in [0.5, 0.6) is 0 Å². The van der Waals surface area contributed by atoms with Crippen molar-refractivity contribution >= 4 is 17.2 Å². The largest absolute Gasteiger partial charge is 0.386 e. The molecule has 0 aliphatic carbocycles. The predicted octanol–water partition coefficient (Wildman–Crippen LogP) is 4.23. The van der Waals surface area contributed by atoms with Crippen molar-refractivity contribution in [1.29, 1.82) is 5.26 Å². The minimum atomic E-state index is 0.249. The molecule has 1 aromatic carbocycles. The first kappa shape index (κ1) is 20.5. The standard InChI is InChI=1S/C24H32N6/c1-18(28-23-17-27-24(15-22(23)26-2)30-11-3-4-12-30)29-13-9-21(10-14-29)20-7-5-19(16-25)6-8-20/h5-8,15,17-18,21,28H,3-4,9-14H2,1-2H3,(H,26,27). The molecular formula is C24H32N6. The summed E-state index contributed by atoms with van der Waals surface area (Å²) in [5.41, 5.74) is 4.25. The number of anilines is 3. The van der Waals surface area contributed by atoms with Crippen LogP contribution in [0.4, 0.5) is 17.2 Å². The zero-order chi connectivity index (χ0) is 20.9. The average molecular weight is 405 g/mol. The predicted molar refractivity (Wildman–Crippen MR) is 123 cm³/mol. The van der Waals surface area contributed by atoms with Crippen molar-refractivity contribution in [2.75, 3.05) is 48.8 Å². The third-order valence-electron chi connectivity index (χ3n) is 6.54. The maximum absolute atomic E-state index is 8.99. The van der Waals surface area contributed by atoms with Gasteiger partial charge in [-0.15, -0.1) is 0 Å². The van der Waals surface area contributed by atoms with Crippen molar-refractivity contribution in [3.8, 4) is 6.07 Å². The second kappa shape index (κ2) is 9.36.